The van der Waals surface area contributed by atoms with Crippen LogP contribution in [0.15, 0.2) is 30.5 Å². The van der Waals surface area contributed by atoms with Crippen LogP contribution in [0.25, 0.3) is 10.9 Å². The van der Waals surface area contributed by atoms with Gasteiger partial charge in [-0.3, -0.25) is 4.90 Å². The third-order valence-electron chi connectivity index (χ3n) is 4.87. The molecule has 6 heteroatoms. The quantitative estimate of drug-likeness (QED) is 0.838. The second-order valence-electron chi connectivity index (χ2n) is 6.97. The zero-order chi connectivity index (χ0) is 17.6. The number of H-pyrrole nitrogens is 1. The largest absolute Gasteiger partial charge is 0.361 e. The van der Waals surface area contributed by atoms with Crippen LogP contribution in [0.4, 0.5) is 4.79 Å². The van der Waals surface area contributed by atoms with Crippen molar-refractivity contribution in [2.45, 2.75) is 6.42 Å². The van der Waals surface area contributed by atoms with Gasteiger partial charge in [-0.25, -0.2) is 4.79 Å². The Labute approximate surface area is 149 Å². The average Bonchev–Trinajstić information content (AvgIpc) is 3.03. The van der Waals surface area contributed by atoms with E-state index in [2.05, 4.69) is 46.3 Å². The van der Waals surface area contributed by atoms with Crippen molar-refractivity contribution in [1.82, 2.24) is 25.0 Å². The third-order valence-corrected chi connectivity index (χ3v) is 4.87. The number of nitrogens with one attached hydrogen (secondary N) is 2. The van der Waals surface area contributed by atoms with Crippen LogP contribution in [-0.2, 0) is 6.42 Å². The highest BCUT2D eigenvalue weighted by molar-refractivity contribution is 5.83. The number of nitrogens with zero attached hydrogens (tertiary/aromatic N) is 3. The van der Waals surface area contributed by atoms with E-state index in [0.29, 0.717) is 6.54 Å². The second kappa shape index (κ2) is 8.36. The Morgan fingerprint density at radius 2 is 1.96 bits per heavy atom. The average molecular weight is 343 g/mol. The predicted octanol–water partition coefficient (Wildman–Crippen LogP) is 1.60. The molecule has 1 saturated heterocycles. The molecule has 1 aromatic heterocycles. The molecule has 1 aliphatic rings. The van der Waals surface area contributed by atoms with Crippen LogP contribution in [0.2, 0.25) is 0 Å². The molecule has 0 spiro atoms. The smallest absolute Gasteiger partial charge is 0.317 e. The van der Waals surface area contributed by atoms with Gasteiger partial charge in [-0.1, -0.05) is 18.2 Å². The zero-order valence-corrected chi connectivity index (χ0v) is 15.3. The molecule has 25 heavy (non-hydrogen) atoms. The number of hydrogen-bond acceptors (Lipinski definition) is 3. The van der Waals surface area contributed by atoms with Crippen molar-refractivity contribution in [3.05, 3.63) is 36.0 Å². The number of aromatic nitrogens is 1. The van der Waals surface area contributed by atoms with Crippen molar-refractivity contribution in [2.75, 3.05) is 59.9 Å². The molecule has 6 nitrogen and oxygen atoms in total. The molecule has 2 N–H and O–H groups in total. The minimum atomic E-state index is 0.0621. The molecule has 1 fully saturated rings. The van der Waals surface area contributed by atoms with Gasteiger partial charge in [-0.2, -0.15) is 0 Å². The van der Waals surface area contributed by atoms with Crippen LogP contribution in [0, 0.1) is 0 Å². The first kappa shape index (κ1) is 17.8. The molecule has 2 amide bonds. The molecule has 2 heterocycles. The van der Waals surface area contributed by atoms with Crippen molar-refractivity contribution < 1.29 is 4.79 Å². The summed E-state index contributed by atoms with van der Waals surface area (Å²) in [7, 11) is 4.19. The SMILES string of the molecule is CN(C)CCN1CCN(C(=O)NCCc2c[nH]c3ccccc23)CC1. The van der Waals surface area contributed by atoms with Gasteiger partial charge in [0.1, 0.15) is 0 Å². The van der Waals surface area contributed by atoms with Crippen LogP contribution in [-0.4, -0.2) is 85.6 Å². The van der Waals surface area contributed by atoms with Crippen LogP contribution < -0.4 is 5.32 Å². The maximum atomic E-state index is 12.3. The van der Waals surface area contributed by atoms with Gasteiger partial charge in [0.2, 0.25) is 0 Å². The van der Waals surface area contributed by atoms with Gasteiger partial charge in [0, 0.05) is 62.9 Å². The lowest BCUT2D eigenvalue weighted by Crippen LogP contribution is -2.52. The Balaban J connectivity index is 1.40. The molecule has 0 aliphatic carbocycles. The number of rotatable bonds is 6. The molecule has 136 valence electrons. The highest BCUT2D eigenvalue weighted by atomic mass is 16.2. The number of carbonyl (C=O) groups is 1. The summed E-state index contributed by atoms with van der Waals surface area (Å²) in [6.07, 6.45) is 2.89. The van der Waals surface area contributed by atoms with E-state index in [4.69, 9.17) is 0 Å². The topological polar surface area (TPSA) is 54.6 Å². The second-order valence-corrected chi connectivity index (χ2v) is 6.97. The van der Waals surface area contributed by atoms with Gasteiger partial charge in [0.05, 0.1) is 0 Å². The van der Waals surface area contributed by atoms with Crippen molar-refractivity contribution in [2.24, 2.45) is 0 Å². The molecular formula is C19H29N5O. The van der Waals surface area contributed by atoms with Gasteiger partial charge >= 0.3 is 6.03 Å². The van der Waals surface area contributed by atoms with E-state index in [1.54, 1.807) is 0 Å². The number of hydrogen-bond donors (Lipinski definition) is 2. The lowest BCUT2D eigenvalue weighted by atomic mass is 10.1. The van der Waals surface area contributed by atoms with Crippen molar-refractivity contribution in [3.8, 4) is 0 Å². The van der Waals surface area contributed by atoms with E-state index >= 15 is 0 Å². The number of urea groups is 1. The van der Waals surface area contributed by atoms with Crippen molar-refractivity contribution in [3.63, 3.8) is 0 Å². The van der Waals surface area contributed by atoms with Crippen LogP contribution in [0.5, 0.6) is 0 Å². The monoisotopic (exact) mass is 343 g/mol. The summed E-state index contributed by atoms with van der Waals surface area (Å²) in [5.41, 5.74) is 2.40. The summed E-state index contributed by atoms with van der Waals surface area (Å²) in [6.45, 7) is 6.35. The van der Waals surface area contributed by atoms with E-state index in [0.717, 1.165) is 51.2 Å². The van der Waals surface area contributed by atoms with Gasteiger partial charge < -0.3 is 20.1 Å². The van der Waals surface area contributed by atoms with Crippen LogP contribution >= 0.6 is 0 Å². The molecule has 0 saturated carbocycles. The van der Waals surface area contributed by atoms with Gasteiger partial charge in [0.25, 0.3) is 0 Å². The highest BCUT2D eigenvalue weighted by Crippen LogP contribution is 2.17. The maximum absolute atomic E-state index is 12.3. The zero-order valence-electron chi connectivity index (χ0n) is 15.3. The van der Waals surface area contributed by atoms with Crippen molar-refractivity contribution >= 4 is 16.9 Å². The minimum absolute atomic E-state index is 0.0621. The predicted molar refractivity (Wildman–Crippen MR) is 102 cm³/mol. The lowest BCUT2D eigenvalue weighted by molar-refractivity contribution is 0.133. The number of fused-ring (bicyclic) bond motifs is 1. The number of amides is 2. The Morgan fingerprint density at radius 1 is 1.20 bits per heavy atom. The lowest BCUT2D eigenvalue weighted by Gasteiger charge is -2.35. The van der Waals surface area contributed by atoms with Crippen LogP contribution in [0.3, 0.4) is 0 Å². The third kappa shape index (κ3) is 4.74. The first-order valence-corrected chi connectivity index (χ1v) is 9.08. The fraction of sp³-hybridized carbons (Fsp3) is 0.526. The summed E-state index contributed by atoms with van der Waals surface area (Å²) in [5.74, 6) is 0. The molecule has 0 atom stereocenters. The summed E-state index contributed by atoms with van der Waals surface area (Å²) in [4.78, 5) is 22.2. The standard InChI is InChI=1S/C19H29N5O/c1-22(2)9-10-23-11-13-24(14-12-23)19(25)20-8-7-16-15-21-18-6-4-3-5-17(16)18/h3-6,15,21H,7-14H2,1-2H3,(H,20,25). The Hall–Kier alpha value is -2.05. The maximum Gasteiger partial charge on any atom is 0.317 e. The summed E-state index contributed by atoms with van der Waals surface area (Å²) in [6, 6.07) is 8.34. The molecule has 2 aromatic rings. The van der Waals surface area contributed by atoms with Crippen molar-refractivity contribution in [1.29, 1.82) is 0 Å². The summed E-state index contributed by atoms with van der Waals surface area (Å²) in [5, 5.41) is 4.31. The summed E-state index contributed by atoms with van der Waals surface area (Å²) >= 11 is 0. The number of benzene rings is 1. The summed E-state index contributed by atoms with van der Waals surface area (Å²) < 4.78 is 0. The van der Waals surface area contributed by atoms with Gasteiger partial charge in [-0.15, -0.1) is 0 Å². The number of carbonyl (C=O) groups excluding carboxylic acids is 1. The van der Waals surface area contributed by atoms with E-state index in [1.807, 2.05) is 23.2 Å². The fourth-order valence-corrected chi connectivity index (χ4v) is 3.27. The van der Waals surface area contributed by atoms with E-state index in [9.17, 15) is 4.79 Å². The normalized spacial score (nSPS) is 15.9. The highest BCUT2D eigenvalue weighted by Gasteiger charge is 2.20. The first-order chi connectivity index (χ1) is 12.1. The first-order valence-electron chi connectivity index (χ1n) is 9.08. The van der Waals surface area contributed by atoms with E-state index < -0.39 is 0 Å². The number of likely N-dealkylation sites (N-methyl/N-ethyl adjacent to an activating group) is 1. The van der Waals surface area contributed by atoms with Gasteiger partial charge in [-0.05, 0) is 32.1 Å². The molecule has 1 aromatic carbocycles. The van der Waals surface area contributed by atoms with E-state index in [-0.39, 0.29) is 6.03 Å². The molecule has 3 rings (SSSR count). The Bertz CT molecular complexity index is 688. The molecule has 0 unspecified atom stereocenters. The molecule has 0 radical (unpaired) electrons. The molecule has 1 aliphatic heterocycles. The minimum Gasteiger partial charge on any atom is -0.361 e. The number of piperazine rings is 1. The Kier molecular flexibility index (Phi) is 5.94. The molecule has 0 bridgehead atoms. The Morgan fingerprint density at radius 3 is 2.72 bits per heavy atom. The van der Waals surface area contributed by atoms with Gasteiger partial charge in [0.15, 0.2) is 0 Å². The number of para-hydroxylation sites is 1. The van der Waals surface area contributed by atoms with Crippen LogP contribution in [0.1, 0.15) is 5.56 Å². The van der Waals surface area contributed by atoms with E-state index in [1.165, 1.54) is 10.9 Å². The number of aromatic amines is 1. The fourth-order valence-electron chi connectivity index (χ4n) is 3.27. The molecular weight excluding hydrogens is 314 g/mol.